The number of ether oxygens (including phenoxy) is 1. The lowest BCUT2D eigenvalue weighted by Crippen LogP contribution is -2.44. The quantitative estimate of drug-likeness (QED) is 0.853. The van der Waals surface area contributed by atoms with E-state index in [2.05, 4.69) is 9.88 Å². The van der Waals surface area contributed by atoms with E-state index >= 15 is 0 Å². The molecule has 5 nitrogen and oxygen atoms in total. The number of aryl methyl sites for hydroxylation is 2. The average molecular weight is 331 g/mol. The molecule has 5 heteroatoms. The van der Waals surface area contributed by atoms with Gasteiger partial charge >= 0.3 is 0 Å². The van der Waals surface area contributed by atoms with Crippen LogP contribution in [0.1, 0.15) is 47.4 Å². The predicted octanol–water partition coefficient (Wildman–Crippen LogP) is 2.42. The Kier molecular flexibility index (Phi) is 5.85. The maximum absolute atomic E-state index is 12.9. The molecule has 1 aromatic heterocycles. The molecule has 1 unspecified atom stereocenters. The van der Waals surface area contributed by atoms with Gasteiger partial charge in [0.1, 0.15) is 0 Å². The molecule has 0 spiro atoms. The van der Waals surface area contributed by atoms with E-state index in [-0.39, 0.29) is 12.0 Å². The first kappa shape index (κ1) is 17.4. The van der Waals surface area contributed by atoms with Gasteiger partial charge in [-0.3, -0.25) is 9.78 Å². The molecule has 3 rings (SSSR count). The highest BCUT2D eigenvalue weighted by molar-refractivity contribution is 5.95. The number of carbonyl (C=O) groups excluding carboxylic acids is 1. The zero-order valence-corrected chi connectivity index (χ0v) is 15.0. The van der Waals surface area contributed by atoms with Gasteiger partial charge in [0.05, 0.1) is 17.4 Å². The van der Waals surface area contributed by atoms with Gasteiger partial charge in [-0.15, -0.1) is 0 Å². The van der Waals surface area contributed by atoms with E-state index in [4.69, 9.17) is 4.74 Å². The highest BCUT2D eigenvalue weighted by Gasteiger charge is 2.26. The summed E-state index contributed by atoms with van der Waals surface area (Å²) in [5.41, 5.74) is 2.49. The number of carbonyl (C=O) groups is 1. The van der Waals surface area contributed by atoms with Crippen LogP contribution in [0.2, 0.25) is 0 Å². The fourth-order valence-electron chi connectivity index (χ4n) is 3.70. The Morgan fingerprint density at radius 1 is 1.17 bits per heavy atom. The van der Waals surface area contributed by atoms with Crippen molar-refractivity contribution in [3.63, 3.8) is 0 Å². The van der Waals surface area contributed by atoms with Crippen molar-refractivity contribution in [3.8, 4) is 0 Å². The second-order valence-electron chi connectivity index (χ2n) is 7.04. The van der Waals surface area contributed by atoms with E-state index < -0.39 is 0 Å². The first-order chi connectivity index (χ1) is 11.6. The summed E-state index contributed by atoms with van der Waals surface area (Å²) in [5, 5.41) is 0. The normalized spacial score (nSPS) is 23.1. The molecule has 2 saturated heterocycles. The molecule has 24 heavy (non-hydrogen) atoms. The number of nitrogens with zero attached hydrogens (tertiary/aromatic N) is 3. The molecule has 0 saturated carbocycles. The molecule has 3 heterocycles. The molecular formula is C19H29N3O2. The molecule has 1 amide bonds. The number of pyridine rings is 1. The fourth-order valence-corrected chi connectivity index (χ4v) is 3.70. The number of amides is 1. The number of hydrogen-bond acceptors (Lipinski definition) is 4. The van der Waals surface area contributed by atoms with Crippen molar-refractivity contribution in [2.45, 2.75) is 45.6 Å². The Morgan fingerprint density at radius 3 is 2.71 bits per heavy atom. The second-order valence-corrected chi connectivity index (χ2v) is 7.04. The molecule has 132 valence electrons. The van der Waals surface area contributed by atoms with Crippen LogP contribution in [0.3, 0.4) is 0 Å². The Balaban J connectivity index is 1.66. The van der Waals surface area contributed by atoms with E-state index in [1.54, 1.807) is 0 Å². The van der Waals surface area contributed by atoms with Crippen LogP contribution in [-0.2, 0) is 4.74 Å². The molecule has 2 fully saturated rings. The molecule has 2 aliphatic rings. The lowest BCUT2D eigenvalue weighted by atomic mass is 10.1. The smallest absolute Gasteiger partial charge is 0.255 e. The SMILES string of the molecule is Cc1ccc(C(=O)N2CCCOC(CN3CCCCC3)C2)c(C)n1. The minimum Gasteiger partial charge on any atom is -0.375 e. The third kappa shape index (κ3) is 4.33. The topological polar surface area (TPSA) is 45.7 Å². The van der Waals surface area contributed by atoms with Gasteiger partial charge in [-0.25, -0.2) is 0 Å². The first-order valence-electron chi connectivity index (χ1n) is 9.21. The molecule has 0 bridgehead atoms. The summed E-state index contributed by atoms with van der Waals surface area (Å²) in [7, 11) is 0. The maximum atomic E-state index is 12.9. The summed E-state index contributed by atoms with van der Waals surface area (Å²) >= 11 is 0. The maximum Gasteiger partial charge on any atom is 0.255 e. The molecule has 2 aliphatic heterocycles. The van der Waals surface area contributed by atoms with E-state index in [1.165, 1.54) is 19.3 Å². The third-order valence-corrected chi connectivity index (χ3v) is 5.00. The summed E-state index contributed by atoms with van der Waals surface area (Å²) in [5.74, 6) is 0.0918. The number of likely N-dealkylation sites (tertiary alicyclic amines) is 1. The highest BCUT2D eigenvalue weighted by atomic mass is 16.5. The van der Waals surface area contributed by atoms with E-state index in [1.807, 2.05) is 30.9 Å². The molecule has 0 radical (unpaired) electrons. The molecule has 1 aromatic rings. The molecular weight excluding hydrogens is 302 g/mol. The zero-order chi connectivity index (χ0) is 16.9. The van der Waals surface area contributed by atoms with Gasteiger partial charge in [-0.2, -0.15) is 0 Å². The van der Waals surface area contributed by atoms with E-state index in [0.717, 1.165) is 56.2 Å². The number of rotatable bonds is 3. The standard InChI is InChI=1S/C19H29N3O2/c1-15-7-8-18(16(2)20-15)19(23)22-11-6-12-24-17(14-22)13-21-9-4-3-5-10-21/h7-8,17H,3-6,9-14H2,1-2H3. The second kappa shape index (κ2) is 8.08. The predicted molar refractivity (Wildman–Crippen MR) is 94.3 cm³/mol. The minimum absolute atomic E-state index is 0.0918. The monoisotopic (exact) mass is 331 g/mol. The molecule has 0 N–H and O–H groups in total. The van der Waals surface area contributed by atoms with Crippen molar-refractivity contribution in [1.82, 2.24) is 14.8 Å². The van der Waals surface area contributed by atoms with Gasteiger partial charge in [0, 0.05) is 31.9 Å². The highest BCUT2D eigenvalue weighted by Crippen LogP contribution is 2.16. The summed E-state index contributed by atoms with van der Waals surface area (Å²) < 4.78 is 6.02. The molecule has 0 aliphatic carbocycles. The van der Waals surface area contributed by atoms with Crippen LogP contribution in [-0.4, -0.2) is 66.1 Å². The van der Waals surface area contributed by atoms with E-state index in [0.29, 0.717) is 6.54 Å². The molecule has 0 aromatic carbocycles. The van der Waals surface area contributed by atoms with Gasteiger partial charge in [0.25, 0.3) is 5.91 Å². The van der Waals surface area contributed by atoms with Crippen LogP contribution < -0.4 is 0 Å². The lowest BCUT2D eigenvalue weighted by molar-refractivity contribution is 0.0216. The zero-order valence-electron chi connectivity index (χ0n) is 15.0. The Morgan fingerprint density at radius 2 is 1.96 bits per heavy atom. The largest absolute Gasteiger partial charge is 0.375 e. The van der Waals surface area contributed by atoms with Crippen molar-refractivity contribution in [3.05, 3.63) is 29.1 Å². The fraction of sp³-hybridized carbons (Fsp3) is 0.684. The summed E-state index contributed by atoms with van der Waals surface area (Å²) in [4.78, 5) is 21.8. The Bertz CT molecular complexity index is 570. The van der Waals surface area contributed by atoms with Crippen molar-refractivity contribution < 1.29 is 9.53 Å². The van der Waals surface area contributed by atoms with Crippen molar-refractivity contribution >= 4 is 5.91 Å². The Labute approximate surface area is 145 Å². The van der Waals surface area contributed by atoms with Crippen LogP contribution >= 0.6 is 0 Å². The van der Waals surface area contributed by atoms with Gasteiger partial charge in [0.15, 0.2) is 0 Å². The van der Waals surface area contributed by atoms with Crippen LogP contribution in [0.4, 0.5) is 0 Å². The van der Waals surface area contributed by atoms with Gasteiger partial charge in [-0.05, 0) is 58.3 Å². The van der Waals surface area contributed by atoms with Gasteiger partial charge in [0.2, 0.25) is 0 Å². The van der Waals surface area contributed by atoms with E-state index in [9.17, 15) is 4.79 Å². The number of hydrogen-bond donors (Lipinski definition) is 0. The Hall–Kier alpha value is -1.46. The summed E-state index contributed by atoms with van der Waals surface area (Å²) in [6.07, 6.45) is 4.92. The van der Waals surface area contributed by atoms with Crippen molar-refractivity contribution in [2.75, 3.05) is 39.3 Å². The summed E-state index contributed by atoms with van der Waals surface area (Å²) in [6.45, 7) is 9.33. The third-order valence-electron chi connectivity index (χ3n) is 5.00. The van der Waals surface area contributed by atoms with Gasteiger partial charge in [-0.1, -0.05) is 6.42 Å². The number of piperidine rings is 1. The minimum atomic E-state index is 0.0918. The van der Waals surface area contributed by atoms with Gasteiger partial charge < -0.3 is 14.5 Å². The van der Waals surface area contributed by atoms with Crippen LogP contribution in [0.25, 0.3) is 0 Å². The van der Waals surface area contributed by atoms with Crippen LogP contribution in [0.15, 0.2) is 12.1 Å². The van der Waals surface area contributed by atoms with Crippen molar-refractivity contribution in [1.29, 1.82) is 0 Å². The van der Waals surface area contributed by atoms with Crippen LogP contribution in [0.5, 0.6) is 0 Å². The lowest BCUT2D eigenvalue weighted by Gasteiger charge is -2.31. The number of aromatic nitrogens is 1. The average Bonchev–Trinajstić information content (AvgIpc) is 2.81. The van der Waals surface area contributed by atoms with Crippen LogP contribution in [0, 0.1) is 13.8 Å². The summed E-state index contributed by atoms with van der Waals surface area (Å²) in [6, 6.07) is 3.82. The molecule has 1 atom stereocenters. The van der Waals surface area contributed by atoms with Crippen molar-refractivity contribution in [2.24, 2.45) is 0 Å². The first-order valence-corrected chi connectivity index (χ1v) is 9.21.